The third kappa shape index (κ3) is 4.04. The van der Waals surface area contributed by atoms with Gasteiger partial charge in [0.05, 0.1) is 13.2 Å². The fraction of sp³-hybridized carbons (Fsp3) is 0.458. The Balaban J connectivity index is 2.07. The van der Waals surface area contributed by atoms with Gasteiger partial charge in [0.2, 0.25) is 0 Å². The van der Waals surface area contributed by atoms with Gasteiger partial charge in [0.1, 0.15) is 5.54 Å². The summed E-state index contributed by atoms with van der Waals surface area (Å²) in [6.45, 7) is 8.50. The number of morpholine rings is 1. The molecule has 2 aromatic rings. The number of aryl methyl sites for hydroxylation is 1. The SMILES string of the molecule is Cc1ccc([C@@](C(=O)c2ccccc2)([C@H](C)CN2CCOCC2)N(C)C)cc1. The Kier molecular flexibility index (Phi) is 6.65. The number of ketones is 1. The van der Waals surface area contributed by atoms with Crippen LogP contribution in [0.2, 0.25) is 0 Å². The van der Waals surface area contributed by atoms with E-state index < -0.39 is 5.54 Å². The molecule has 0 spiro atoms. The predicted octanol–water partition coefficient (Wildman–Crippen LogP) is 3.60. The van der Waals surface area contributed by atoms with Gasteiger partial charge >= 0.3 is 0 Å². The van der Waals surface area contributed by atoms with Crippen molar-refractivity contribution < 1.29 is 9.53 Å². The molecule has 1 heterocycles. The predicted molar refractivity (Wildman–Crippen MR) is 114 cm³/mol. The first-order valence-electron chi connectivity index (χ1n) is 10.1. The Morgan fingerprint density at radius 3 is 2.25 bits per heavy atom. The Labute approximate surface area is 169 Å². The average Bonchev–Trinajstić information content (AvgIpc) is 2.71. The van der Waals surface area contributed by atoms with Crippen LogP contribution < -0.4 is 0 Å². The minimum Gasteiger partial charge on any atom is -0.379 e. The lowest BCUT2D eigenvalue weighted by atomic mass is 9.72. The second-order valence-corrected chi connectivity index (χ2v) is 8.04. The summed E-state index contributed by atoms with van der Waals surface area (Å²) in [5.41, 5.74) is 2.28. The summed E-state index contributed by atoms with van der Waals surface area (Å²) < 4.78 is 5.51. The number of likely N-dealkylation sites (N-methyl/N-ethyl adjacent to an activating group) is 1. The van der Waals surface area contributed by atoms with Crippen molar-refractivity contribution in [3.05, 3.63) is 71.3 Å². The molecule has 4 heteroatoms. The third-order valence-electron chi connectivity index (χ3n) is 5.93. The van der Waals surface area contributed by atoms with Crippen LogP contribution in [0, 0.1) is 12.8 Å². The van der Waals surface area contributed by atoms with Crippen molar-refractivity contribution in [2.45, 2.75) is 19.4 Å². The molecular weight excluding hydrogens is 348 g/mol. The topological polar surface area (TPSA) is 32.8 Å². The molecule has 0 radical (unpaired) electrons. The van der Waals surface area contributed by atoms with Crippen molar-refractivity contribution in [1.82, 2.24) is 9.80 Å². The molecule has 150 valence electrons. The molecule has 1 fully saturated rings. The highest BCUT2D eigenvalue weighted by Gasteiger charge is 2.47. The number of benzene rings is 2. The van der Waals surface area contributed by atoms with Crippen LogP contribution >= 0.6 is 0 Å². The molecule has 28 heavy (non-hydrogen) atoms. The maximum Gasteiger partial charge on any atom is 0.187 e. The highest BCUT2D eigenvalue weighted by molar-refractivity contribution is 6.04. The number of hydrogen-bond donors (Lipinski definition) is 0. The molecule has 2 aromatic carbocycles. The van der Waals surface area contributed by atoms with E-state index in [2.05, 4.69) is 47.9 Å². The van der Waals surface area contributed by atoms with Crippen LogP contribution in [-0.2, 0) is 10.3 Å². The van der Waals surface area contributed by atoms with Crippen LogP contribution in [0.3, 0.4) is 0 Å². The minimum absolute atomic E-state index is 0.107. The molecule has 0 bridgehead atoms. The van der Waals surface area contributed by atoms with E-state index in [4.69, 9.17) is 4.74 Å². The van der Waals surface area contributed by atoms with Crippen molar-refractivity contribution >= 4 is 5.78 Å². The zero-order valence-corrected chi connectivity index (χ0v) is 17.5. The summed E-state index contributed by atoms with van der Waals surface area (Å²) in [6, 6.07) is 18.1. The first-order valence-corrected chi connectivity index (χ1v) is 10.1. The van der Waals surface area contributed by atoms with Crippen LogP contribution in [0.5, 0.6) is 0 Å². The van der Waals surface area contributed by atoms with Gasteiger partial charge in [0, 0.05) is 25.2 Å². The van der Waals surface area contributed by atoms with Gasteiger partial charge in [-0.15, -0.1) is 0 Å². The summed E-state index contributed by atoms with van der Waals surface area (Å²) in [7, 11) is 4.05. The van der Waals surface area contributed by atoms with E-state index in [1.54, 1.807) is 0 Å². The Bertz CT molecular complexity index is 767. The molecular formula is C24H32N2O2. The summed E-state index contributed by atoms with van der Waals surface area (Å²) in [5.74, 6) is 0.263. The summed E-state index contributed by atoms with van der Waals surface area (Å²) in [6.07, 6.45) is 0. The molecule has 1 aliphatic heterocycles. The second-order valence-electron chi connectivity index (χ2n) is 8.04. The van der Waals surface area contributed by atoms with E-state index in [0.29, 0.717) is 0 Å². The van der Waals surface area contributed by atoms with E-state index in [-0.39, 0.29) is 11.7 Å². The first kappa shape index (κ1) is 20.7. The number of nitrogens with zero attached hydrogens (tertiary/aromatic N) is 2. The van der Waals surface area contributed by atoms with Gasteiger partial charge in [-0.2, -0.15) is 0 Å². The molecule has 1 aliphatic rings. The first-order chi connectivity index (χ1) is 13.5. The number of Topliss-reactive ketones (excluding diaryl/α,β-unsaturated/α-hetero) is 1. The lowest BCUT2D eigenvalue weighted by Gasteiger charge is -2.45. The monoisotopic (exact) mass is 380 g/mol. The van der Waals surface area contributed by atoms with E-state index in [0.717, 1.165) is 44.0 Å². The molecule has 0 amide bonds. The van der Waals surface area contributed by atoms with Crippen molar-refractivity contribution in [2.24, 2.45) is 5.92 Å². The molecule has 0 N–H and O–H groups in total. The molecule has 3 rings (SSSR count). The zero-order valence-electron chi connectivity index (χ0n) is 17.5. The van der Waals surface area contributed by atoms with Crippen LogP contribution in [0.4, 0.5) is 0 Å². The van der Waals surface area contributed by atoms with Crippen molar-refractivity contribution in [3.63, 3.8) is 0 Å². The Hall–Kier alpha value is -2.01. The van der Waals surface area contributed by atoms with Crippen molar-refractivity contribution in [3.8, 4) is 0 Å². The molecule has 4 nitrogen and oxygen atoms in total. The van der Waals surface area contributed by atoms with E-state index >= 15 is 0 Å². The Morgan fingerprint density at radius 1 is 1.07 bits per heavy atom. The zero-order chi connectivity index (χ0) is 20.1. The third-order valence-corrected chi connectivity index (χ3v) is 5.93. The van der Waals surface area contributed by atoms with Crippen LogP contribution in [-0.4, -0.2) is 62.5 Å². The van der Waals surface area contributed by atoms with E-state index in [1.165, 1.54) is 5.56 Å². The highest BCUT2D eigenvalue weighted by Crippen LogP contribution is 2.39. The summed E-state index contributed by atoms with van der Waals surface area (Å²) in [5, 5.41) is 0. The Morgan fingerprint density at radius 2 is 1.68 bits per heavy atom. The van der Waals surface area contributed by atoms with E-state index in [9.17, 15) is 4.79 Å². The maximum atomic E-state index is 14.0. The lowest BCUT2D eigenvalue weighted by molar-refractivity contribution is 0.00824. The quantitative estimate of drug-likeness (QED) is 0.687. The van der Waals surface area contributed by atoms with Gasteiger partial charge in [-0.05, 0) is 32.5 Å². The lowest BCUT2D eigenvalue weighted by Crippen LogP contribution is -2.56. The molecule has 0 saturated carbocycles. The van der Waals surface area contributed by atoms with Crippen LogP contribution in [0.25, 0.3) is 0 Å². The summed E-state index contributed by atoms with van der Waals surface area (Å²) in [4.78, 5) is 18.5. The molecule has 1 saturated heterocycles. The normalized spacial score (nSPS) is 18.6. The fourth-order valence-corrected chi connectivity index (χ4v) is 4.46. The van der Waals surface area contributed by atoms with Gasteiger partial charge in [-0.1, -0.05) is 67.1 Å². The second kappa shape index (κ2) is 8.99. The highest BCUT2D eigenvalue weighted by atomic mass is 16.5. The van der Waals surface area contributed by atoms with Gasteiger partial charge in [0.25, 0.3) is 0 Å². The smallest absolute Gasteiger partial charge is 0.187 e. The molecule has 0 aliphatic carbocycles. The fourth-order valence-electron chi connectivity index (χ4n) is 4.46. The average molecular weight is 381 g/mol. The van der Waals surface area contributed by atoms with E-state index in [1.807, 2.05) is 44.4 Å². The van der Waals surface area contributed by atoms with Crippen molar-refractivity contribution in [2.75, 3.05) is 46.9 Å². The summed E-state index contributed by atoms with van der Waals surface area (Å²) >= 11 is 0. The number of carbonyl (C=O) groups is 1. The number of carbonyl (C=O) groups excluding carboxylic acids is 1. The minimum atomic E-state index is -0.729. The van der Waals surface area contributed by atoms with Gasteiger partial charge < -0.3 is 4.74 Å². The standard InChI is InChI=1S/C24H32N2O2/c1-19-10-12-22(13-11-19)24(25(3)4,23(27)21-8-6-5-7-9-21)20(2)18-26-14-16-28-17-15-26/h5-13,20H,14-18H2,1-4H3/t20-,24-/m1/s1. The largest absolute Gasteiger partial charge is 0.379 e. The van der Waals surface area contributed by atoms with Gasteiger partial charge in [-0.25, -0.2) is 0 Å². The van der Waals surface area contributed by atoms with Gasteiger partial charge in [-0.3, -0.25) is 14.6 Å². The molecule has 2 atom stereocenters. The molecule has 0 unspecified atom stereocenters. The van der Waals surface area contributed by atoms with Crippen LogP contribution in [0.1, 0.15) is 28.4 Å². The van der Waals surface area contributed by atoms with Crippen LogP contribution in [0.15, 0.2) is 54.6 Å². The number of hydrogen-bond acceptors (Lipinski definition) is 4. The number of ether oxygens (including phenoxy) is 1. The van der Waals surface area contributed by atoms with Gasteiger partial charge in [0.15, 0.2) is 5.78 Å². The number of rotatable bonds is 7. The maximum absolute atomic E-state index is 14.0. The van der Waals surface area contributed by atoms with Crippen molar-refractivity contribution in [1.29, 1.82) is 0 Å². The molecule has 0 aromatic heterocycles.